The largest absolute Gasteiger partial charge is 0.504 e. The molecule has 20 heavy (non-hydrogen) atoms. The van der Waals surface area contributed by atoms with Gasteiger partial charge < -0.3 is 20.8 Å². The molecule has 0 aliphatic carbocycles. The molecule has 4 N–H and O–H groups in total. The molecule has 3 rings (SSSR count). The molecule has 4 heteroatoms. The van der Waals surface area contributed by atoms with Gasteiger partial charge in [-0.2, -0.15) is 0 Å². The fourth-order valence-electron chi connectivity index (χ4n) is 2.92. The molecule has 1 heterocycles. The van der Waals surface area contributed by atoms with E-state index in [9.17, 15) is 10.2 Å². The molecule has 0 unspecified atom stereocenters. The quantitative estimate of drug-likeness (QED) is 0.549. The normalized spacial score (nSPS) is 18.8. The summed E-state index contributed by atoms with van der Waals surface area (Å²) in [6.45, 7) is 1.70. The Morgan fingerprint density at radius 3 is 2.70 bits per heavy atom. The first-order valence-corrected chi connectivity index (χ1v) is 6.64. The number of phenolic OH excluding ortho intramolecular Hbond substituents is 2. The zero-order valence-corrected chi connectivity index (χ0v) is 11.4. The minimum Gasteiger partial charge on any atom is -0.504 e. The topological polar surface area (TPSA) is 69.7 Å². The minimum atomic E-state index is -0.0919. The Kier molecular flexibility index (Phi) is 3.03. The van der Waals surface area contributed by atoms with Crippen LogP contribution in [0.1, 0.15) is 22.6 Å². The van der Waals surface area contributed by atoms with E-state index in [-0.39, 0.29) is 17.4 Å². The van der Waals surface area contributed by atoms with Crippen LogP contribution >= 0.6 is 0 Å². The highest BCUT2D eigenvalue weighted by molar-refractivity contribution is 5.56. The predicted octanol–water partition coefficient (Wildman–Crippen LogP) is 2.26. The Labute approximate surface area is 118 Å². The third kappa shape index (κ3) is 2.08. The van der Waals surface area contributed by atoms with E-state index < -0.39 is 0 Å². The highest BCUT2D eigenvalue weighted by Crippen LogP contribution is 2.38. The standard InChI is InChI=1S/C16H18N2O2/c1-18-8-12(10-5-6-15(19)16(20)7-10)11-3-2-4-14(17)13(11)9-18/h2-7,12,19-20H,8-9,17H2,1H3/t12-/m1/s1. The predicted molar refractivity (Wildman–Crippen MR) is 78.8 cm³/mol. The number of nitrogens with zero attached hydrogens (tertiary/aromatic N) is 1. The zero-order chi connectivity index (χ0) is 14.3. The molecule has 0 saturated carbocycles. The molecule has 1 atom stereocenters. The number of likely N-dealkylation sites (N-methyl/N-ethyl adjacent to an activating group) is 1. The van der Waals surface area contributed by atoms with Crippen LogP contribution in [0.25, 0.3) is 0 Å². The Balaban J connectivity index is 2.11. The van der Waals surface area contributed by atoms with Crippen LogP contribution in [0, 0.1) is 0 Å². The molecule has 4 nitrogen and oxygen atoms in total. The number of hydrogen-bond donors (Lipinski definition) is 3. The summed E-state index contributed by atoms with van der Waals surface area (Å²) >= 11 is 0. The lowest BCUT2D eigenvalue weighted by Gasteiger charge is -2.33. The number of nitrogen functional groups attached to an aromatic ring is 1. The van der Waals surface area contributed by atoms with Gasteiger partial charge >= 0.3 is 0 Å². The summed E-state index contributed by atoms with van der Waals surface area (Å²) in [5.41, 5.74) is 10.2. The van der Waals surface area contributed by atoms with Crippen molar-refractivity contribution < 1.29 is 10.2 Å². The van der Waals surface area contributed by atoms with Gasteiger partial charge in [-0.05, 0) is 41.9 Å². The first-order valence-electron chi connectivity index (χ1n) is 6.64. The summed E-state index contributed by atoms with van der Waals surface area (Å²) in [4.78, 5) is 2.22. The van der Waals surface area contributed by atoms with E-state index in [4.69, 9.17) is 5.73 Å². The van der Waals surface area contributed by atoms with Gasteiger partial charge in [0, 0.05) is 24.7 Å². The Bertz CT molecular complexity index is 655. The van der Waals surface area contributed by atoms with Crippen LogP contribution in [0.5, 0.6) is 11.5 Å². The van der Waals surface area contributed by atoms with Gasteiger partial charge in [0.1, 0.15) is 0 Å². The number of rotatable bonds is 1. The SMILES string of the molecule is CN1Cc2c(N)cccc2[C@@H](c2ccc(O)c(O)c2)C1. The Hall–Kier alpha value is -2.20. The summed E-state index contributed by atoms with van der Waals surface area (Å²) in [6.07, 6.45) is 0. The highest BCUT2D eigenvalue weighted by Gasteiger charge is 2.26. The van der Waals surface area contributed by atoms with Crippen molar-refractivity contribution in [1.29, 1.82) is 0 Å². The van der Waals surface area contributed by atoms with Crippen LogP contribution in [0.4, 0.5) is 5.69 Å². The van der Waals surface area contributed by atoms with Crippen molar-refractivity contribution in [2.75, 3.05) is 19.3 Å². The second-order valence-corrected chi connectivity index (χ2v) is 5.41. The molecular weight excluding hydrogens is 252 g/mol. The Morgan fingerprint density at radius 2 is 1.95 bits per heavy atom. The number of benzene rings is 2. The van der Waals surface area contributed by atoms with E-state index in [1.54, 1.807) is 6.07 Å². The lowest BCUT2D eigenvalue weighted by atomic mass is 9.84. The van der Waals surface area contributed by atoms with Gasteiger partial charge in [-0.15, -0.1) is 0 Å². The first kappa shape index (κ1) is 12.8. The lowest BCUT2D eigenvalue weighted by Crippen LogP contribution is -2.31. The number of phenols is 2. The second-order valence-electron chi connectivity index (χ2n) is 5.41. The van der Waals surface area contributed by atoms with E-state index in [0.29, 0.717) is 0 Å². The minimum absolute atomic E-state index is 0.0822. The van der Waals surface area contributed by atoms with Gasteiger partial charge in [-0.3, -0.25) is 0 Å². The Morgan fingerprint density at radius 1 is 1.15 bits per heavy atom. The van der Waals surface area contributed by atoms with Gasteiger partial charge in [0.2, 0.25) is 0 Å². The van der Waals surface area contributed by atoms with Crippen molar-refractivity contribution >= 4 is 5.69 Å². The third-order valence-electron chi connectivity index (χ3n) is 3.95. The maximum atomic E-state index is 9.71. The lowest BCUT2D eigenvalue weighted by molar-refractivity contribution is 0.295. The zero-order valence-electron chi connectivity index (χ0n) is 11.4. The molecule has 1 aliphatic heterocycles. The molecular formula is C16H18N2O2. The van der Waals surface area contributed by atoms with E-state index in [1.807, 2.05) is 18.2 Å². The van der Waals surface area contributed by atoms with E-state index in [0.717, 1.165) is 29.9 Å². The van der Waals surface area contributed by atoms with Crippen molar-refractivity contribution in [2.24, 2.45) is 0 Å². The fraction of sp³-hybridized carbons (Fsp3) is 0.250. The van der Waals surface area contributed by atoms with Crippen LogP contribution in [-0.4, -0.2) is 28.7 Å². The summed E-state index contributed by atoms with van der Waals surface area (Å²) in [5, 5.41) is 19.2. The van der Waals surface area contributed by atoms with Crippen molar-refractivity contribution in [3.05, 3.63) is 53.1 Å². The number of hydrogen-bond acceptors (Lipinski definition) is 4. The number of fused-ring (bicyclic) bond motifs is 1. The molecule has 0 bridgehead atoms. The highest BCUT2D eigenvalue weighted by atomic mass is 16.3. The fourth-order valence-corrected chi connectivity index (χ4v) is 2.92. The molecule has 0 spiro atoms. The maximum Gasteiger partial charge on any atom is 0.157 e. The van der Waals surface area contributed by atoms with Crippen LogP contribution in [0.15, 0.2) is 36.4 Å². The molecule has 0 radical (unpaired) electrons. The molecule has 0 aromatic heterocycles. The monoisotopic (exact) mass is 270 g/mol. The summed E-state index contributed by atoms with van der Waals surface area (Å²) in [6, 6.07) is 11.0. The first-order chi connectivity index (χ1) is 9.56. The second kappa shape index (κ2) is 4.72. The average Bonchev–Trinajstić information content (AvgIpc) is 2.42. The molecule has 2 aromatic carbocycles. The van der Waals surface area contributed by atoms with Gasteiger partial charge in [0.25, 0.3) is 0 Å². The summed E-state index contributed by atoms with van der Waals surface area (Å²) < 4.78 is 0. The molecule has 104 valence electrons. The molecule has 0 fully saturated rings. The number of aromatic hydroxyl groups is 2. The van der Waals surface area contributed by atoms with Crippen LogP contribution in [0.3, 0.4) is 0 Å². The van der Waals surface area contributed by atoms with Gasteiger partial charge in [-0.1, -0.05) is 18.2 Å². The van der Waals surface area contributed by atoms with Crippen LogP contribution in [0.2, 0.25) is 0 Å². The van der Waals surface area contributed by atoms with E-state index in [2.05, 4.69) is 18.0 Å². The van der Waals surface area contributed by atoms with Crippen molar-refractivity contribution in [3.8, 4) is 11.5 Å². The van der Waals surface area contributed by atoms with Crippen molar-refractivity contribution in [1.82, 2.24) is 4.90 Å². The third-order valence-corrected chi connectivity index (χ3v) is 3.95. The maximum absolute atomic E-state index is 9.71. The van der Waals surface area contributed by atoms with Crippen molar-refractivity contribution in [3.63, 3.8) is 0 Å². The summed E-state index contributed by atoms with van der Waals surface area (Å²) in [7, 11) is 2.06. The molecule has 0 saturated heterocycles. The van der Waals surface area contributed by atoms with Gasteiger partial charge in [-0.25, -0.2) is 0 Å². The smallest absolute Gasteiger partial charge is 0.157 e. The van der Waals surface area contributed by atoms with Crippen LogP contribution in [-0.2, 0) is 6.54 Å². The molecule has 2 aromatic rings. The van der Waals surface area contributed by atoms with Crippen LogP contribution < -0.4 is 5.73 Å². The number of anilines is 1. The summed E-state index contributed by atoms with van der Waals surface area (Å²) in [5.74, 6) is -0.0226. The van der Waals surface area contributed by atoms with Gasteiger partial charge in [0.15, 0.2) is 11.5 Å². The number of nitrogens with two attached hydrogens (primary N) is 1. The van der Waals surface area contributed by atoms with Gasteiger partial charge in [0.05, 0.1) is 0 Å². The van der Waals surface area contributed by atoms with E-state index >= 15 is 0 Å². The molecule has 0 amide bonds. The molecule has 1 aliphatic rings. The average molecular weight is 270 g/mol. The van der Waals surface area contributed by atoms with E-state index in [1.165, 1.54) is 11.6 Å². The van der Waals surface area contributed by atoms with Crippen molar-refractivity contribution in [2.45, 2.75) is 12.5 Å².